The Kier molecular flexibility index (Phi) is 3.29. The third-order valence-electron chi connectivity index (χ3n) is 3.87. The summed E-state index contributed by atoms with van der Waals surface area (Å²) in [6, 6.07) is 7.69. The second-order valence-corrected chi connectivity index (χ2v) is 5.60. The van der Waals surface area contributed by atoms with Crippen molar-refractivity contribution in [3.8, 4) is 0 Å². The van der Waals surface area contributed by atoms with Gasteiger partial charge in [0.15, 0.2) is 5.82 Å². The summed E-state index contributed by atoms with van der Waals surface area (Å²) in [6.07, 6.45) is 3.90. The largest absolute Gasteiger partial charge is 0.339 e. The summed E-state index contributed by atoms with van der Waals surface area (Å²) in [5.74, 6) is 1.38. The van der Waals surface area contributed by atoms with E-state index in [1.807, 2.05) is 24.3 Å². The van der Waals surface area contributed by atoms with Gasteiger partial charge in [-0.05, 0) is 30.5 Å². The van der Waals surface area contributed by atoms with Crippen LogP contribution < -0.4 is 5.73 Å². The lowest BCUT2D eigenvalue weighted by atomic mass is 9.69. The molecule has 5 heteroatoms. The van der Waals surface area contributed by atoms with Gasteiger partial charge in [0.1, 0.15) is 0 Å². The van der Waals surface area contributed by atoms with E-state index >= 15 is 0 Å². The molecule has 100 valence electrons. The number of nitrogens with two attached hydrogens (primary N) is 1. The molecule has 1 aromatic carbocycles. The molecule has 2 aromatic rings. The van der Waals surface area contributed by atoms with E-state index in [-0.39, 0.29) is 5.41 Å². The van der Waals surface area contributed by atoms with Crippen LogP contribution in [0.15, 0.2) is 28.8 Å². The van der Waals surface area contributed by atoms with Crippen molar-refractivity contribution >= 4 is 11.6 Å². The Hall–Kier alpha value is -1.39. The van der Waals surface area contributed by atoms with Crippen LogP contribution in [0.25, 0.3) is 0 Å². The Morgan fingerprint density at radius 1 is 1.37 bits per heavy atom. The minimum atomic E-state index is -0.0699. The van der Waals surface area contributed by atoms with E-state index in [1.165, 1.54) is 6.42 Å². The molecule has 0 atom stereocenters. The number of hydrogen-bond acceptors (Lipinski definition) is 4. The van der Waals surface area contributed by atoms with Crippen molar-refractivity contribution in [2.24, 2.45) is 5.73 Å². The number of rotatable bonds is 4. The molecular formula is C14H16ClN3O. The highest BCUT2D eigenvalue weighted by Crippen LogP contribution is 2.41. The minimum Gasteiger partial charge on any atom is -0.339 e. The van der Waals surface area contributed by atoms with Crippen LogP contribution in [0.4, 0.5) is 0 Å². The maximum absolute atomic E-state index is 5.96. The molecule has 0 bridgehead atoms. The van der Waals surface area contributed by atoms with Crippen molar-refractivity contribution in [3.05, 3.63) is 46.6 Å². The van der Waals surface area contributed by atoms with Gasteiger partial charge in [0.25, 0.3) is 0 Å². The molecule has 0 amide bonds. The third-order valence-corrected chi connectivity index (χ3v) is 4.11. The summed E-state index contributed by atoms with van der Waals surface area (Å²) in [5, 5.41) is 4.77. The van der Waals surface area contributed by atoms with Crippen LogP contribution in [0, 0.1) is 0 Å². The normalized spacial score (nSPS) is 17.2. The van der Waals surface area contributed by atoms with Crippen LogP contribution in [-0.4, -0.2) is 16.7 Å². The van der Waals surface area contributed by atoms with E-state index in [4.69, 9.17) is 21.9 Å². The third kappa shape index (κ3) is 2.38. The smallest absolute Gasteiger partial charge is 0.234 e. The Morgan fingerprint density at radius 2 is 2.21 bits per heavy atom. The molecule has 0 spiro atoms. The first-order valence-electron chi connectivity index (χ1n) is 6.49. The quantitative estimate of drug-likeness (QED) is 0.933. The average molecular weight is 278 g/mol. The Bertz CT molecular complexity index is 572. The van der Waals surface area contributed by atoms with Crippen LogP contribution in [0.5, 0.6) is 0 Å². The molecule has 0 radical (unpaired) electrons. The van der Waals surface area contributed by atoms with Crippen LogP contribution in [-0.2, 0) is 11.8 Å². The predicted octanol–water partition coefficient (Wildman–Crippen LogP) is 2.69. The zero-order valence-electron chi connectivity index (χ0n) is 10.6. The maximum atomic E-state index is 5.96. The van der Waals surface area contributed by atoms with Gasteiger partial charge in [0.2, 0.25) is 5.89 Å². The summed E-state index contributed by atoms with van der Waals surface area (Å²) in [7, 11) is 0. The summed E-state index contributed by atoms with van der Waals surface area (Å²) in [5.41, 5.74) is 6.85. The number of benzene rings is 1. The van der Waals surface area contributed by atoms with Crippen molar-refractivity contribution in [3.63, 3.8) is 0 Å². The summed E-state index contributed by atoms with van der Waals surface area (Å²) >= 11 is 5.96. The minimum absolute atomic E-state index is 0.0699. The van der Waals surface area contributed by atoms with Crippen molar-refractivity contribution < 1.29 is 4.52 Å². The van der Waals surface area contributed by atoms with Crippen LogP contribution >= 0.6 is 11.6 Å². The fraction of sp³-hybridized carbons (Fsp3) is 0.429. The lowest BCUT2D eigenvalue weighted by Gasteiger charge is -2.36. The van der Waals surface area contributed by atoms with Gasteiger partial charge >= 0.3 is 0 Å². The lowest BCUT2D eigenvalue weighted by molar-refractivity contribution is 0.181. The van der Waals surface area contributed by atoms with Crippen molar-refractivity contribution in [1.82, 2.24) is 10.1 Å². The van der Waals surface area contributed by atoms with Gasteiger partial charge < -0.3 is 10.3 Å². The molecule has 2 N–H and O–H groups in total. The van der Waals surface area contributed by atoms with E-state index < -0.39 is 0 Å². The second kappa shape index (κ2) is 4.94. The molecule has 0 unspecified atom stereocenters. The molecule has 4 nitrogen and oxygen atoms in total. The maximum Gasteiger partial charge on any atom is 0.234 e. The van der Waals surface area contributed by atoms with Crippen molar-refractivity contribution in [1.29, 1.82) is 0 Å². The first-order valence-corrected chi connectivity index (χ1v) is 6.87. The van der Waals surface area contributed by atoms with E-state index in [2.05, 4.69) is 10.1 Å². The molecule has 0 saturated heterocycles. The predicted molar refractivity (Wildman–Crippen MR) is 73.1 cm³/mol. The van der Waals surface area contributed by atoms with E-state index in [0.717, 1.165) is 23.4 Å². The first-order chi connectivity index (χ1) is 9.22. The van der Waals surface area contributed by atoms with Gasteiger partial charge in [-0.15, -0.1) is 0 Å². The lowest BCUT2D eigenvalue weighted by Crippen LogP contribution is -2.41. The molecule has 1 heterocycles. The average Bonchev–Trinajstić information content (AvgIpc) is 2.77. The van der Waals surface area contributed by atoms with Crippen LogP contribution in [0.1, 0.15) is 36.5 Å². The Morgan fingerprint density at radius 3 is 2.84 bits per heavy atom. The summed E-state index contributed by atoms with van der Waals surface area (Å²) < 4.78 is 5.39. The van der Waals surface area contributed by atoms with Gasteiger partial charge in [0, 0.05) is 18.0 Å². The van der Waals surface area contributed by atoms with Crippen molar-refractivity contribution in [2.75, 3.05) is 6.54 Å². The van der Waals surface area contributed by atoms with Gasteiger partial charge in [-0.3, -0.25) is 0 Å². The zero-order chi connectivity index (χ0) is 13.3. The van der Waals surface area contributed by atoms with E-state index in [9.17, 15) is 0 Å². The SMILES string of the molecule is NCC1(c2nc(Cc3cccc(Cl)c3)no2)CCC1. The first kappa shape index (κ1) is 12.6. The van der Waals surface area contributed by atoms with Gasteiger partial charge in [-0.2, -0.15) is 4.98 Å². The molecule has 0 aliphatic heterocycles. The molecule has 1 fully saturated rings. The highest BCUT2D eigenvalue weighted by molar-refractivity contribution is 6.30. The number of aromatic nitrogens is 2. The molecule has 3 rings (SSSR count). The number of halogens is 1. The molecule has 1 aromatic heterocycles. The van der Waals surface area contributed by atoms with Crippen molar-refractivity contribution in [2.45, 2.75) is 31.1 Å². The van der Waals surface area contributed by atoms with E-state index in [1.54, 1.807) is 0 Å². The topological polar surface area (TPSA) is 64.9 Å². The summed E-state index contributed by atoms with van der Waals surface area (Å²) in [6.45, 7) is 0.575. The molecule has 1 aliphatic rings. The Balaban J connectivity index is 1.78. The van der Waals surface area contributed by atoms with Crippen LogP contribution in [0.3, 0.4) is 0 Å². The number of hydrogen-bond donors (Lipinski definition) is 1. The van der Waals surface area contributed by atoms with Gasteiger partial charge in [-0.25, -0.2) is 0 Å². The fourth-order valence-corrected chi connectivity index (χ4v) is 2.69. The molecular weight excluding hydrogens is 262 g/mol. The van der Waals surface area contributed by atoms with Gasteiger partial charge in [0.05, 0.1) is 5.41 Å². The van der Waals surface area contributed by atoms with E-state index in [0.29, 0.717) is 24.7 Å². The Labute approximate surface area is 117 Å². The monoisotopic (exact) mass is 277 g/mol. The standard InChI is InChI=1S/C14H16ClN3O/c15-11-4-1-3-10(7-11)8-12-17-13(19-18-12)14(9-16)5-2-6-14/h1,3-4,7H,2,5-6,8-9,16H2. The highest BCUT2D eigenvalue weighted by atomic mass is 35.5. The van der Waals surface area contributed by atoms with Crippen LogP contribution in [0.2, 0.25) is 5.02 Å². The summed E-state index contributed by atoms with van der Waals surface area (Å²) in [4.78, 5) is 4.50. The molecule has 1 saturated carbocycles. The highest BCUT2D eigenvalue weighted by Gasteiger charge is 2.42. The molecule has 1 aliphatic carbocycles. The fourth-order valence-electron chi connectivity index (χ4n) is 2.48. The molecule has 19 heavy (non-hydrogen) atoms. The second-order valence-electron chi connectivity index (χ2n) is 5.16. The number of nitrogens with zero attached hydrogens (tertiary/aromatic N) is 2. The zero-order valence-corrected chi connectivity index (χ0v) is 11.4. The van der Waals surface area contributed by atoms with Gasteiger partial charge in [-0.1, -0.05) is 35.3 Å².